The largest absolute Gasteiger partial charge is 0.508 e. The van der Waals surface area contributed by atoms with Gasteiger partial charge in [0.2, 0.25) is 0 Å². The molecular formula is C26H23NO2. The zero-order valence-electron chi connectivity index (χ0n) is 16.8. The highest BCUT2D eigenvalue weighted by molar-refractivity contribution is 5.83. The Morgan fingerprint density at radius 2 is 1.31 bits per heavy atom. The van der Waals surface area contributed by atoms with E-state index in [1.165, 1.54) is 10.8 Å². The van der Waals surface area contributed by atoms with Crippen molar-refractivity contribution in [1.29, 1.82) is 0 Å². The lowest BCUT2D eigenvalue weighted by Crippen LogP contribution is -2.25. The van der Waals surface area contributed by atoms with E-state index in [0.29, 0.717) is 5.69 Å². The fourth-order valence-electron chi connectivity index (χ4n) is 4.04. The van der Waals surface area contributed by atoms with Gasteiger partial charge in [0.25, 0.3) is 0 Å². The Labute approximate surface area is 170 Å². The number of aryl methyl sites for hydroxylation is 2. The lowest BCUT2D eigenvalue weighted by atomic mass is 9.70. The number of phenols is 1. The highest BCUT2D eigenvalue weighted by Gasteiger charge is 2.32. The van der Waals surface area contributed by atoms with Crippen LogP contribution in [0, 0.1) is 18.8 Å². The summed E-state index contributed by atoms with van der Waals surface area (Å²) in [6.07, 6.45) is 0. The summed E-state index contributed by atoms with van der Waals surface area (Å²) in [5.41, 5.74) is 4.97. The van der Waals surface area contributed by atoms with Crippen molar-refractivity contribution in [3.05, 3.63) is 112 Å². The molecule has 0 heterocycles. The fraction of sp³-hybridized carbons (Fsp3) is 0.154. The first kappa shape index (κ1) is 18.9. The van der Waals surface area contributed by atoms with Crippen LogP contribution in [0.2, 0.25) is 0 Å². The number of hydrogen-bond donors (Lipinski definition) is 1. The van der Waals surface area contributed by atoms with E-state index in [1.54, 1.807) is 12.1 Å². The van der Waals surface area contributed by atoms with E-state index in [2.05, 4.69) is 42.4 Å². The van der Waals surface area contributed by atoms with Gasteiger partial charge in [-0.1, -0.05) is 60.7 Å². The van der Waals surface area contributed by atoms with Crippen LogP contribution >= 0.6 is 0 Å². The Morgan fingerprint density at radius 1 is 0.724 bits per heavy atom. The van der Waals surface area contributed by atoms with Crippen LogP contribution in [0.25, 0.3) is 10.8 Å². The van der Waals surface area contributed by atoms with Crippen LogP contribution in [0.15, 0.2) is 84.0 Å². The van der Waals surface area contributed by atoms with Crippen LogP contribution in [0.1, 0.15) is 34.7 Å². The fourth-order valence-corrected chi connectivity index (χ4v) is 4.04. The van der Waals surface area contributed by atoms with E-state index in [-0.39, 0.29) is 5.75 Å². The molecule has 0 saturated carbocycles. The van der Waals surface area contributed by atoms with Crippen molar-refractivity contribution in [2.75, 3.05) is 0 Å². The molecule has 0 fully saturated rings. The first-order valence-electron chi connectivity index (χ1n) is 9.67. The van der Waals surface area contributed by atoms with Crippen LogP contribution < -0.4 is 0 Å². The second-order valence-electron chi connectivity index (χ2n) is 7.78. The molecule has 0 bridgehead atoms. The van der Waals surface area contributed by atoms with E-state index in [1.807, 2.05) is 50.2 Å². The molecule has 3 heteroatoms. The van der Waals surface area contributed by atoms with Crippen molar-refractivity contribution < 1.29 is 5.11 Å². The molecule has 1 unspecified atom stereocenters. The summed E-state index contributed by atoms with van der Waals surface area (Å²) >= 11 is 0. The monoisotopic (exact) mass is 381 g/mol. The van der Waals surface area contributed by atoms with Gasteiger partial charge in [0.05, 0.1) is 0 Å². The molecule has 0 amide bonds. The first-order valence-corrected chi connectivity index (χ1v) is 9.67. The average Bonchev–Trinajstić information content (AvgIpc) is 2.74. The maximum Gasteiger partial charge on any atom is 0.118 e. The molecule has 1 atom stereocenters. The van der Waals surface area contributed by atoms with Crippen LogP contribution in [0.4, 0.5) is 5.69 Å². The van der Waals surface area contributed by atoms with Gasteiger partial charge < -0.3 is 5.11 Å². The number of nitrogens with zero attached hydrogens (tertiary/aromatic N) is 1. The molecule has 29 heavy (non-hydrogen) atoms. The SMILES string of the molecule is Cc1cc(C(C)(c2ccc(N=O)c(C)c2)c2ccc3ccccc3c2)ccc1O. The Hall–Kier alpha value is -3.46. The summed E-state index contributed by atoms with van der Waals surface area (Å²) in [6.45, 7) is 6.00. The average molecular weight is 381 g/mol. The number of aromatic hydroxyl groups is 1. The van der Waals surface area contributed by atoms with Crippen LogP contribution in [-0.4, -0.2) is 5.11 Å². The third-order valence-electron chi connectivity index (χ3n) is 5.97. The van der Waals surface area contributed by atoms with Crippen LogP contribution in [-0.2, 0) is 5.41 Å². The quantitative estimate of drug-likeness (QED) is 0.308. The second kappa shape index (κ2) is 7.17. The van der Waals surface area contributed by atoms with Gasteiger partial charge in [0.15, 0.2) is 0 Å². The molecule has 0 aromatic heterocycles. The Kier molecular flexibility index (Phi) is 4.67. The van der Waals surface area contributed by atoms with Crippen molar-refractivity contribution >= 4 is 16.5 Å². The predicted molar refractivity (Wildman–Crippen MR) is 119 cm³/mol. The van der Waals surface area contributed by atoms with E-state index in [9.17, 15) is 10.0 Å². The molecular weight excluding hydrogens is 358 g/mol. The molecule has 0 saturated heterocycles. The van der Waals surface area contributed by atoms with Crippen molar-refractivity contribution in [3.8, 4) is 5.75 Å². The number of hydrogen-bond acceptors (Lipinski definition) is 3. The van der Waals surface area contributed by atoms with Gasteiger partial charge in [-0.25, -0.2) is 0 Å². The molecule has 1 N–H and O–H groups in total. The number of nitroso groups, excluding NO2 is 1. The summed E-state index contributed by atoms with van der Waals surface area (Å²) in [5, 5.41) is 15.5. The maximum atomic E-state index is 11.1. The normalized spacial score (nSPS) is 13.2. The predicted octanol–water partition coefficient (Wildman–Crippen LogP) is 6.91. The van der Waals surface area contributed by atoms with Gasteiger partial charge in [-0.2, -0.15) is 0 Å². The van der Waals surface area contributed by atoms with E-state index < -0.39 is 5.41 Å². The van der Waals surface area contributed by atoms with Crippen molar-refractivity contribution in [2.24, 2.45) is 5.18 Å². The molecule has 144 valence electrons. The minimum absolute atomic E-state index is 0.284. The van der Waals surface area contributed by atoms with E-state index >= 15 is 0 Å². The second-order valence-corrected chi connectivity index (χ2v) is 7.78. The first-order chi connectivity index (χ1) is 13.9. The lowest BCUT2D eigenvalue weighted by Gasteiger charge is -2.33. The van der Waals surface area contributed by atoms with Crippen LogP contribution in [0.5, 0.6) is 5.75 Å². The minimum Gasteiger partial charge on any atom is -0.508 e. The van der Waals surface area contributed by atoms with Crippen molar-refractivity contribution in [3.63, 3.8) is 0 Å². The topological polar surface area (TPSA) is 49.7 Å². The van der Waals surface area contributed by atoms with Crippen molar-refractivity contribution in [1.82, 2.24) is 0 Å². The van der Waals surface area contributed by atoms with Gasteiger partial charge in [0.1, 0.15) is 11.4 Å². The molecule has 0 aliphatic heterocycles. The Morgan fingerprint density at radius 3 is 1.97 bits per heavy atom. The summed E-state index contributed by atoms with van der Waals surface area (Å²) in [4.78, 5) is 11.1. The Bertz CT molecular complexity index is 1230. The zero-order valence-corrected chi connectivity index (χ0v) is 16.8. The van der Waals surface area contributed by atoms with Gasteiger partial charge in [-0.3, -0.25) is 0 Å². The standard InChI is InChI=1S/C26H23NO2/c1-17-14-21(10-12-24(17)27-29)26(3,22-11-13-25(28)18(2)15-22)23-9-8-19-6-4-5-7-20(19)16-23/h4-16,28H,1-3H3. The zero-order chi connectivity index (χ0) is 20.6. The molecule has 3 nitrogen and oxygen atoms in total. The van der Waals surface area contributed by atoms with Gasteiger partial charge >= 0.3 is 0 Å². The van der Waals surface area contributed by atoms with Gasteiger partial charge in [-0.05, 0) is 82.7 Å². The van der Waals surface area contributed by atoms with E-state index in [0.717, 1.165) is 27.8 Å². The number of phenolic OH excluding ortho intramolecular Hbond substituents is 1. The molecule has 4 aromatic rings. The molecule has 4 aromatic carbocycles. The van der Waals surface area contributed by atoms with E-state index in [4.69, 9.17) is 0 Å². The summed E-state index contributed by atoms with van der Waals surface area (Å²) in [7, 11) is 0. The number of rotatable bonds is 4. The maximum absolute atomic E-state index is 11.1. The highest BCUT2D eigenvalue weighted by Crippen LogP contribution is 2.42. The highest BCUT2D eigenvalue weighted by atomic mass is 16.3. The number of benzene rings is 4. The summed E-state index contributed by atoms with van der Waals surface area (Å²) in [5.74, 6) is 0.284. The van der Waals surface area contributed by atoms with Crippen LogP contribution in [0.3, 0.4) is 0 Å². The molecule has 4 rings (SSSR count). The molecule has 0 spiro atoms. The third kappa shape index (κ3) is 3.19. The third-order valence-corrected chi connectivity index (χ3v) is 5.97. The minimum atomic E-state index is -0.464. The van der Waals surface area contributed by atoms with Gasteiger partial charge in [-0.15, -0.1) is 4.91 Å². The lowest BCUT2D eigenvalue weighted by molar-refractivity contribution is 0.470. The summed E-state index contributed by atoms with van der Waals surface area (Å²) in [6, 6.07) is 26.4. The van der Waals surface area contributed by atoms with Crippen molar-refractivity contribution in [2.45, 2.75) is 26.2 Å². The number of fused-ring (bicyclic) bond motifs is 1. The smallest absolute Gasteiger partial charge is 0.118 e. The molecule has 0 aliphatic rings. The Balaban J connectivity index is 2.00. The molecule has 0 radical (unpaired) electrons. The molecule has 0 aliphatic carbocycles. The summed E-state index contributed by atoms with van der Waals surface area (Å²) < 4.78 is 0. The van der Waals surface area contributed by atoms with Gasteiger partial charge in [0, 0.05) is 5.41 Å².